The van der Waals surface area contributed by atoms with E-state index in [0.29, 0.717) is 55.9 Å². The van der Waals surface area contributed by atoms with Crippen LogP contribution in [0.2, 0.25) is 5.02 Å². The largest absolute Gasteiger partial charge is 0.430 e. The molecule has 38 heavy (non-hydrogen) atoms. The van der Waals surface area contributed by atoms with Gasteiger partial charge < -0.3 is 5.11 Å². The van der Waals surface area contributed by atoms with Crippen molar-refractivity contribution in [1.82, 2.24) is 14.2 Å². The number of alkyl halides is 6. The summed E-state index contributed by atoms with van der Waals surface area (Å²) in [6.07, 6.45) is -7.37. The van der Waals surface area contributed by atoms with E-state index in [-0.39, 0.29) is 17.6 Å². The van der Waals surface area contributed by atoms with E-state index < -0.39 is 38.6 Å². The van der Waals surface area contributed by atoms with Crippen LogP contribution in [0.15, 0.2) is 30.5 Å². The van der Waals surface area contributed by atoms with Gasteiger partial charge in [-0.15, -0.1) is 0 Å². The number of nitrogens with zero attached hydrogens (tertiary/aromatic N) is 3. The third-order valence-electron chi connectivity index (χ3n) is 7.20. The number of rotatable bonds is 6. The van der Waals surface area contributed by atoms with Gasteiger partial charge in [-0.1, -0.05) is 30.7 Å². The first-order valence-electron chi connectivity index (χ1n) is 11.8. The topological polar surface area (TPSA) is 73.7 Å². The van der Waals surface area contributed by atoms with Gasteiger partial charge in [0.15, 0.2) is 0 Å². The van der Waals surface area contributed by atoms with E-state index in [1.807, 2.05) is 6.92 Å². The lowest BCUT2D eigenvalue weighted by Crippen LogP contribution is -2.58. The van der Waals surface area contributed by atoms with Crippen LogP contribution in [0.4, 0.5) is 26.3 Å². The third-order valence-corrected chi connectivity index (χ3v) is 8.88. The molecule has 0 saturated carbocycles. The van der Waals surface area contributed by atoms with Crippen LogP contribution >= 0.6 is 11.6 Å². The fourth-order valence-electron chi connectivity index (χ4n) is 5.33. The normalized spacial score (nSPS) is 21.7. The zero-order chi connectivity index (χ0) is 28.3. The average molecular weight is 586 g/mol. The summed E-state index contributed by atoms with van der Waals surface area (Å²) >= 11 is 6.15. The molecule has 2 atom stereocenters. The zero-order valence-electron chi connectivity index (χ0n) is 20.4. The van der Waals surface area contributed by atoms with Gasteiger partial charge in [-0.3, -0.25) is 9.88 Å². The molecule has 3 fully saturated rings. The number of hydrogen-bond acceptors (Lipinski definition) is 5. The maximum absolute atomic E-state index is 13.3. The summed E-state index contributed by atoms with van der Waals surface area (Å²) in [6.45, 7) is 3.53. The van der Waals surface area contributed by atoms with E-state index in [0.717, 1.165) is 18.1 Å². The summed E-state index contributed by atoms with van der Waals surface area (Å²) in [5.41, 5.74) is -4.47. The number of aromatic nitrogens is 1. The lowest BCUT2D eigenvalue weighted by Gasteiger charge is -2.45. The Kier molecular flexibility index (Phi) is 7.58. The van der Waals surface area contributed by atoms with Crippen molar-refractivity contribution >= 4 is 21.6 Å². The molecule has 6 nitrogen and oxygen atoms in total. The Morgan fingerprint density at radius 1 is 1.08 bits per heavy atom. The number of halogens is 7. The average Bonchev–Trinajstić information content (AvgIpc) is 3.08. The van der Waals surface area contributed by atoms with E-state index in [4.69, 9.17) is 11.6 Å². The smallest absolute Gasteiger partial charge is 0.369 e. The molecule has 5 rings (SSSR count). The molecule has 2 bridgehead atoms. The fourth-order valence-corrected chi connectivity index (χ4v) is 7.04. The Labute approximate surface area is 221 Å². The molecular weight excluding hydrogens is 560 g/mol. The van der Waals surface area contributed by atoms with Crippen molar-refractivity contribution in [3.63, 3.8) is 0 Å². The SMILES string of the molecule is CCc1cc(CN2CCC3CC(C2)N3S(C)(=O)=O)ncc1-c1ccc(C(O)(C(F)(F)F)C(F)(F)F)cc1Cl. The quantitative estimate of drug-likeness (QED) is 0.489. The summed E-state index contributed by atoms with van der Waals surface area (Å²) in [5.74, 6) is 0. The Hall–Kier alpha value is -1.93. The first-order chi connectivity index (χ1) is 17.5. The molecule has 3 aliphatic heterocycles. The fraction of sp³-hybridized carbons (Fsp3) is 0.542. The molecule has 0 aliphatic carbocycles. The van der Waals surface area contributed by atoms with Crippen LogP contribution < -0.4 is 0 Å². The number of sulfonamides is 1. The van der Waals surface area contributed by atoms with Gasteiger partial charge in [0.2, 0.25) is 10.0 Å². The highest BCUT2D eigenvalue weighted by Gasteiger charge is 2.71. The minimum Gasteiger partial charge on any atom is -0.369 e. The Bertz CT molecular complexity index is 1300. The monoisotopic (exact) mass is 585 g/mol. The van der Waals surface area contributed by atoms with Crippen molar-refractivity contribution in [1.29, 1.82) is 0 Å². The highest BCUT2D eigenvalue weighted by Crippen LogP contribution is 2.51. The van der Waals surface area contributed by atoms with Crippen LogP contribution in [0.1, 0.15) is 36.6 Å². The van der Waals surface area contributed by atoms with Gasteiger partial charge in [0, 0.05) is 59.6 Å². The minimum atomic E-state index is -6.01. The lowest BCUT2D eigenvalue weighted by molar-refractivity contribution is -0.376. The molecule has 2 unspecified atom stereocenters. The highest BCUT2D eigenvalue weighted by atomic mass is 35.5. The molecule has 3 saturated heterocycles. The summed E-state index contributed by atoms with van der Waals surface area (Å²) in [4.78, 5) is 6.56. The highest BCUT2D eigenvalue weighted by molar-refractivity contribution is 7.88. The van der Waals surface area contributed by atoms with E-state index >= 15 is 0 Å². The summed E-state index contributed by atoms with van der Waals surface area (Å²) < 4.78 is 105. The van der Waals surface area contributed by atoms with Gasteiger partial charge >= 0.3 is 12.4 Å². The third kappa shape index (κ3) is 5.15. The maximum atomic E-state index is 13.3. The van der Waals surface area contributed by atoms with Crippen molar-refractivity contribution in [2.24, 2.45) is 0 Å². The van der Waals surface area contributed by atoms with Gasteiger partial charge in [-0.05, 0) is 37.0 Å². The number of fused-ring (bicyclic) bond motifs is 3. The number of hydrogen-bond donors (Lipinski definition) is 1. The molecular formula is C24H26ClF6N3O3S. The molecule has 0 radical (unpaired) electrons. The van der Waals surface area contributed by atoms with Crippen molar-refractivity contribution in [3.05, 3.63) is 52.3 Å². The Balaban J connectivity index is 1.59. The van der Waals surface area contributed by atoms with E-state index in [9.17, 15) is 39.9 Å². The Morgan fingerprint density at radius 3 is 2.29 bits per heavy atom. The minimum absolute atomic E-state index is 0.000926. The molecule has 0 spiro atoms. The Morgan fingerprint density at radius 2 is 1.74 bits per heavy atom. The van der Waals surface area contributed by atoms with Crippen LogP contribution in [0.25, 0.3) is 11.1 Å². The zero-order valence-corrected chi connectivity index (χ0v) is 22.0. The number of aryl methyl sites for hydroxylation is 1. The molecule has 1 aromatic heterocycles. The van der Waals surface area contributed by atoms with Gasteiger partial charge in [0.05, 0.1) is 11.9 Å². The first kappa shape index (κ1) is 29.1. The molecule has 0 amide bonds. The van der Waals surface area contributed by atoms with Crippen LogP contribution in [0.3, 0.4) is 0 Å². The summed E-state index contributed by atoms with van der Waals surface area (Å²) in [7, 11) is -3.29. The molecule has 2 aromatic rings. The predicted octanol–water partition coefficient (Wildman–Crippen LogP) is 4.88. The van der Waals surface area contributed by atoms with Crippen molar-refractivity contribution in [3.8, 4) is 11.1 Å². The number of benzene rings is 1. The van der Waals surface area contributed by atoms with Gasteiger partial charge in [-0.25, -0.2) is 8.42 Å². The molecule has 210 valence electrons. The molecule has 14 heteroatoms. The van der Waals surface area contributed by atoms with Crippen molar-refractivity contribution in [2.45, 2.75) is 62.8 Å². The lowest BCUT2D eigenvalue weighted by atomic mass is 9.90. The molecule has 1 aromatic carbocycles. The molecule has 4 heterocycles. The van der Waals surface area contributed by atoms with Gasteiger partial charge in [-0.2, -0.15) is 30.6 Å². The van der Waals surface area contributed by atoms with E-state index in [1.54, 1.807) is 10.4 Å². The standard InChI is InChI=1S/C24H26ClF6N3O3S/c1-3-14-8-16(12-33-7-6-17-10-18(13-33)34(17)38(2,36)37)32-11-20(14)19-5-4-15(9-21(19)25)22(35,23(26,27)28)24(29,30)31/h4-5,8-9,11,17-18,35H,3,6-7,10,12-13H2,1-2H3. The van der Waals surface area contributed by atoms with Crippen LogP contribution in [-0.2, 0) is 28.6 Å². The van der Waals surface area contributed by atoms with Gasteiger partial charge in [0.25, 0.3) is 5.60 Å². The second kappa shape index (κ2) is 9.92. The summed E-state index contributed by atoms with van der Waals surface area (Å²) in [5, 5.41) is 9.28. The van der Waals surface area contributed by atoms with Crippen molar-refractivity contribution in [2.75, 3.05) is 19.3 Å². The summed E-state index contributed by atoms with van der Waals surface area (Å²) in [6, 6.07) is 3.75. The van der Waals surface area contributed by atoms with Crippen molar-refractivity contribution < 1.29 is 39.9 Å². The van der Waals surface area contributed by atoms with E-state index in [2.05, 4.69) is 9.88 Å². The van der Waals surface area contributed by atoms with Crippen LogP contribution in [0.5, 0.6) is 0 Å². The molecule has 3 aliphatic rings. The second-order valence-electron chi connectivity index (χ2n) is 9.75. The van der Waals surface area contributed by atoms with Gasteiger partial charge in [0.1, 0.15) is 0 Å². The molecule has 1 N–H and O–H groups in total. The van der Waals surface area contributed by atoms with Crippen LogP contribution in [0, 0.1) is 0 Å². The predicted molar refractivity (Wildman–Crippen MR) is 129 cm³/mol. The van der Waals surface area contributed by atoms with E-state index in [1.165, 1.54) is 12.5 Å². The van der Waals surface area contributed by atoms with Crippen LogP contribution in [-0.4, -0.2) is 71.5 Å². The number of aliphatic hydroxyl groups is 1. The number of pyridine rings is 1. The second-order valence-corrected chi connectivity index (χ2v) is 12.0. The maximum Gasteiger partial charge on any atom is 0.430 e. The first-order valence-corrected chi connectivity index (χ1v) is 14.0.